The van der Waals surface area contributed by atoms with Gasteiger partial charge in [0.15, 0.2) is 6.04 Å². The number of anilines is 1. The molecule has 0 spiro atoms. The van der Waals surface area contributed by atoms with Crippen LogP contribution >= 0.6 is 23.2 Å². The number of hydrogen-bond acceptors (Lipinski definition) is 4. The Labute approximate surface area is 224 Å². The van der Waals surface area contributed by atoms with Crippen LogP contribution in [-0.4, -0.2) is 35.1 Å². The Kier molecular flexibility index (Phi) is 6.22. The van der Waals surface area contributed by atoms with E-state index in [1.807, 2.05) is 18.6 Å². The van der Waals surface area contributed by atoms with Crippen LogP contribution in [0.2, 0.25) is 10.0 Å². The summed E-state index contributed by atoms with van der Waals surface area (Å²) in [5.74, 6) is 0.669. The van der Waals surface area contributed by atoms with Gasteiger partial charge in [-0.1, -0.05) is 60.8 Å². The number of amidine groups is 1. The van der Waals surface area contributed by atoms with Crippen molar-refractivity contribution >= 4 is 45.9 Å². The quantitative estimate of drug-likeness (QED) is 0.164. The number of H-pyrrole nitrogens is 1. The van der Waals surface area contributed by atoms with E-state index in [4.69, 9.17) is 38.7 Å². The summed E-state index contributed by atoms with van der Waals surface area (Å²) in [7, 11) is 0. The smallest absolute Gasteiger partial charge is 0.205 e. The molecule has 0 radical (unpaired) electrons. The summed E-state index contributed by atoms with van der Waals surface area (Å²) < 4.78 is 3.88. The molecule has 2 aromatic carbocycles. The fourth-order valence-electron chi connectivity index (χ4n) is 5.06. The van der Waals surface area contributed by atoms with Gasteiger partial charge in [-0.25, -0.2) is 9.97 Å². The van der Waals surface area contributed by atoms with Crippen molar-refractivity contribution in [2.75, 3.05) is 5.32 Å². The molecule has 37 heavy (non-hydrogen) atoms. The van der Waals surface area contributed by atoms with E-state index in [-0.39, 0.29) is 5.84 Å². The monoisotopic (exact) mass is 532 g/mol. The molecule has 3 N–H and O–H groups in total. The fraction of sp³-hybridized carbons (Fsp3) is 0.259. The second kappa shape index (κ2) is 9.68. The number of benzene rings is 2. The van der Waals surface area contributed by atoms with E-state index in [2.05, 4.69) is 51.0 Å². The molecule has 1 aliphatic rings. The van der Waals surface area contributed by atoms with E-state index in [0.29, 0.717) is 21.5 Å². The van der Waals surface area contributed by atoms with Crippen molar-refractivity contribution in [3.05, 3.63) is 82.2 Å². The minimum Gasteiger partial charge on any atom is -0.334 e. The van der Waals surface area contributed by atoms with Crippen molar-refractivity contribution in [2.24, 2.45) is 0 Å². The predicted molar refractivity (Wildman–Crippen MR) is 148 cm³/mol. The van der Waals surface area contributed by atoms with E-state index in [9.17, 15) is 0 Å². The van der Waals surface area contributed by atoms with E-state index in [1.165, 1.54) is 5.56 Å². The third-order valence-electron chi connectivity index (χ3n) is 6.85. The lowest BCUT2D eigenvalue weighted by Crippen LogP contribution is -2.28. The van der Waals surface area contributed by atoms with Crippen LogP contribution in [0.15, 0.2) is 55.2 Å². The lowest BCUT2D eigenvalue weighted by molar-refractivity contribution is 0.624. The Bertz CT molecular complexity index is 1580. The first kappa shape index (κ1) is 23.8. The van der Waals surface area contributed by atoms with Crippen molar-refractivity contribution in [3.8, 4) is 11.1 Å². The molecule has 3 aromatic heterocycles. The summed E-state index contributed by atoms with van der Waals surface area (Å²) >= 11 is 13.7. The van der Waals surface area contributed by atoms with Gasteiger partial charge in [-0.05, 0) is 36.5 Å². The summed E-state index contributed by atoms with van der Waals surface area (Å²) in [6, 6.07) is 9.70. The first-order chi connectivity index (χ1) is 18.0. The molecular weight excluding hydrogens is 507 g/mol. The minimum absolute atomic E-state index is 0.190. The van der Waals surface area contributed by atoms with Crippen LogP contribution in [0.3, 0.4) is 0 Å². The summed E-state index contributed by atoms with van der Waals surface area (Å²) in [6.45, 7) is 3.09. The standard InChI is InChI=1S/C27H26Cl2N8/c1-2-4-16-6-8-17(9-7-16)18-13-20(28)19-14-37(35-23(19)22(18)29)25(26(30)34-27-31-10-11-32-27)24-21-5-3-12-36(21)15-33-24/h6-11,13-15,25H,2-5,12H2,1H3,(H3,30,31,32,34). The zero-order valence-electron chi connectivity index (χ0n) is 20.3. The first-order valence-electron chi connectivity index (χ1n) is 12.4. The van der Waals surface area contributed by atoms with Gasteiger partial charge in [-0.2, -0.15) is 5.10 Å². The first-order valence-corrected chi connectivity index (χ1v) is 13.1. The predicted octanol–water partition coefficient (Wildman–Crippen LogP) is 6.51. The number of imidazole rings is 2. The summed E-state index contributed by atoms with van der Waals surface area (Å²) in [5.41, 5.74) is 5.59. The molecule has 1 unspecified atom stereocenters. The molecular formula is C27H26Cl2N8. The highest BCUT2D eigenvalue weighted by atomic mass is 35.5. The Hall–Kier alpha value is -3.62. The van der Waals surface area contributed by atoms with Crippen LogP contribution in [0, 0.1) is 5.41 Å². The van der Waals surface area contributed by atoms with E-state index in [1.54, 1.807) is 17.1 Å². The molecule has 8 nitrogen and oxygen atoms in total. The van der Waals surface area contributed by atoms with Gasteiger partial charge in [0.05, 0.1) is 22.1 Å². The maximum atomic E-state index is 8.96. The molecule has 1 atom stereocenters. The van der Waals surface area contributed by atoms with Crippen molar-refractivity contribution < 1.29 is 0 Å². The van der Waals surface area contributed by atoms with Crippen LogP contribution in [0.4, 0.5) is 5.95 Å². The Balaban J connectivity index is 1.45. The molecule has 1 aliphatic heterocycles. The molecule has 0 saturated carbocycles. The van der Waals surface area contributed by atoms with Crippen molar-refractivity contribution in [1.82, 2.24) is 29.3 Å². The normalized spacial score (nSPS) is 13.7. The molecule has 6 rings (SSSR count). The molecule has 0 saturated heterocycles. The van der Waals surface area contributed by atoms with Gasteiger partial charge in [0.2, 0.25) is 5.95 Å². The molecule has 5 aromatic rings. The summed E-state index contributed by atoms with van der Waals surface area (Å²) in [4.78, 5) is 11.9. The van der Waals surface area contributed by atoms with Crippen LogP contribution < -0.4 is 5.32 Å². The molecule has 0 amide bonds. The molecule has 188 valence electrons. The van der Waals surface area contributed by atoms with Gasteiger partial charge >= 0.3 is 0 Å². The topological polar surface area (TPSA) is 100 Å². The highest BCUT2D eigenvalue weighted by Gasteiger charge is 2.30. The fourth-order valence-corrected chi connectivity index (χ4v) is 5.61. The zero-order valence-corrected chi connectivity index (χ0v) is 21.8. The number of aromatic amines is 1. The lowest BCUT2D eigenvalue weighted by Gasteiger charge is -2.18. The molecule has 4 heterocycles. The van der Waals surface area contributed by atoms with Crippen LogP contribution in [0.1, 0.15) is 42.8 Å². The van der Waals surface area contributed by atoms with Crippen LogP contribution in [0.5, 0.6) is 0 Å². The van der Waals surface area contributed by atoms with E-state index < -0.39 is 6.04 Å². The summed E-state index contributed by atoms with van der Waals surface area (Å²) in [6.07, 6.45) is 11.1. The third-order valence-corrected chi connectivity index (χ3v) is 7.54. The summed E-state index contributed by atoms with van der Waals surface area (Å²) in [5, 5.41) is 18.7. The average Bonchev–Trinajstić information content (AvgIpc) is 3.68. The highest BCUT2D eigenvalue weighted by molar-refractivity contribution is 6.42. The van der Waals surface area contributed by atoms with Crippen LogP contribution in [0.25, 0.3) is 22.0 Å². The minimum atomic E-state index is -0.601. The maximum Gasteiger partial charge on any atom is 0.205 e. The number of rotatable bonds is 7. The number of aromatic nitrogens is 6. The largest absolute Gasteiger partial charge is 0.334 e. The second-order valence-electron chi connectivity index (χ2n) is 9.29. The Morgan fingerprint density at radius 3 is 2.81 bits per heavy atom. The van der Waals surface area contributed by atoms with Crippen molar-refractivity contribution in [1.29, 1.82) is 5.41 Å². The van der Waals surface area contributed by atoms with Crippen LogP contribution in [-0.2, 0) is 19.4 Å². The van der Waals surface area contributed by atoms with Gasteiger partial charge in [0, 0.05) is 41.8 Å². The highest BCUT2D eigenvalue weighted by Crippen LogP contribution is 2.39. The number of halogens is 2. The van der Waals surface area contributed by atoms with Crippen molar-refractivity contribution in [2.45, 2.75) is 45.2 Å². The van der Waals surface area contributed by atoms with Crippen molar-refractivity contribution in [3.63, 3.8) is 0 Å². The molecule has 0 bridgehead atoms. The molecule has 10 heteroatoms. The molecule has 0 fully saturated rings. The third kappa shape index (κ3) is 4.30. The van der Waals surface area contributed by atoms with E-state index in [0.717, 1.165) is 60.1 Å². The average molecular weight is 533 g/mol. The number of fused-ring (bicyclic) bond motifs is 2. The number of nitrogens with zero attached hydrogens (tertiary/aromatic N) is 5. The second-order valence-corrected chi connectivity index (χ2v) is 10.1. The Morgan fingerprint density at radius 1 is 1.22 bits per heavy atom. The van der Waals surface area contributed by atoms with Gasteiger partial charge in [0.25, 0.3) is 0 Å². The van der Waals surface area contributed by atoms with Gasteiger partial charge in [0.1, 0.15) is 11.4 Å². The SMILES string of the molecule is CCCc1ccc(-c2cc(Cl)c3cn(C(C(=N)Nc4ncc[nH]4)c4ncn5c4CCC5)nc3c2Cl)cc1. The van der Waals surface area contributed by atoms with E-state index >= 15 is 0 Å². The number of aryl methyl sites for hydroxylation is 2. The molecule has 0 aliphatic carbocycles. The van der Waals surface area contributed by atoms with Gasteiger partial charge in [-0.15, -0.1) is 0 Å². The van der Waals surface area contributed by atoms with Gasteiger partial charge < -0.3 is 14.9 Å². The lowest BCUT2D eigenvalue weighted by atomic mass is 10.0. The number of nitrogens with one attached hydrogen (secondary N) is 3. The zero-order chi connectivity index (χ0) is 25.5. The Morgan fingerprint density at radius 2 is 2.05 bits per heavy atom. The van der Waals surface area contributed by atoms with Gasteiger partial charge in [-0.3, -0.25) is 10.1 Å². The number of hydrogen-bond donors (Lipinski definition) is 3. The maximum absolute atomic E-state index is 8.96.